The summed E-state index contributed by atoms with van der Waals surface area (Å²) in [6.07, 6.45) is 1.32. The van der Waals surface area contributed by atoms with Crippen LogP contribution in [-0.2, 0) is 14.6 Å². The van der Waals surface area contributed by atoms with E-state index in [9.17, 15) is 13.2 Å². The van der Waals surface area contributed by atoms with Crippen LogP contribution in [0.5, 0.6) is 0 Å². The van der Waals surface area contributed by atoms with Gasteiger partial charge in [0.05, 0.1) is 11.8 Å². The predicted molar refractivity (Wildman–Crippen MR) is 100 cm³/mol. The minimum atomic E-state index is -3.11. The van der Waals surface area contributed by atoms with Crippen LogP contribution in [0.2, 0.25) is 5.02 Å². The van der Waals surface area contributed by atoms with Gasteiger partial charge in [0.2, 0.25) is 5.91 Å². The van der Waals surface area contributed by atoms with Crippen molar-refractivity contribution in [2.45, 2.75) is 25.4 Å². The molecule has 1 fully saturated rings. The molecule has 2 atom stereocenters. The van der Waals surface area contributed by atoms with Crippen molar-refractivity contribution in [3.8, 4) is 0 Å². The lowest BCUT2D eigenvalue weighted by atomic mass is 10.1. The first-order valence-electron chi connectivity index (χ1n) is 8.39. The molecule has 0 saturated carbocycles. The van der Waals surface area contributed by atoms with Crippen molar-refractivity contribution in [2.24, 2.45) is 5.73 Å². The second-order valence-electron chi connectivity index (χ2n) is 6.61. The fourth-order valence-corrected chi connectivity index (χ4v) is 3.79. The summed E-state index contributed by atoms with van der Waals surface area (Å²) in [6.45, 7) is 4.86. The SMILES string of the molecule is CC(c1ccc(Cl)cc1)N1CCN(C(=O)C(N)CCS(C)(=O)=O)CC1. The van der Waals surface area contributed by atoms with E-state index < -0.39 is 15.9 Å². The molecule has 0 spiro atoms. The summed E-state index contributed by atoms with van der Waals surface area (Å²) in [6, 6.07) is 7.29. The van der Waals surface area contributed by atoms with Crippen LogP contribution in [0.1, 0.15) is 24.9 Å². The van der Waals surface area contributed by atoms with E-state index in [1.54, 1.807) is 4.90 Å². The topological polar surface area (TPSA) is 83.7 Å². The molecule has 0 aliphatic carbocycles. The number of piperazine rings is 1. The molecule has 0 aromatic heterocycles. The van der Waals surface area contributed by atoms with E-state index in [0.717, 1.165) is 24.4 Å². The number of carbonyl (C=O) groups excluding carboxylic acids is 1. The number of hydrogen-bond donors (Lipinski definition) is 1. The van der Waals surface area contributed by atoms with Gasteiger partial charge in [0, 0.05) is 43.5 Å². The highest BCUT2D eigenvalue weighted by Crippen LogP contribution is 2.23. The molecule has 1 heterocycles. The third-order valence-electron chi connectivity index (χ3n) is 4.64. The lowest BCUT2D eigenvalue weighted by molar-refractivity contribution is -0.134. The van der Waals surface area contributed by atoms with Crippen molar-refractivity contribution in [1.29, 1.82) is 0 Å². The third-order valence-corrected chi connectivity index (χ3v) is 5.87. The molecule has 25 heavy (non-hydrogen) atoms. The number of carbonyl (C=O) groups is 1. The summed E-state index contributed by atoms with van der Waals surface area (Å²) in [5.74, 6) is -0.226. The van der Waals surface area contributed by atoms with Crippen LogP contribution >= 0.6 is 11.6 Å². The van der Waals surface area contributed by atoms with Crippen LogP contribution in [-0.4, -0.2) is 68.4 Å². The highest BCUT2D eigenvalue weighted by molar-refractivity contribution is 7.90. The van der Waals surface area contributed by atoms with Gasteiger partial charge in [-0.15, -0.1) is 0 Å². The van der Waals surface area contributed by atoms with E-state index in [2.05, 4.69) is 11.8 Å². The van der Waals surface area contributed by atoms with Gasteiger partial charge in [-0.2, -0.15) is 0 Å². The quantitative estimate of drug-likeness (QED) is 0.795. The Morgan fingerprint density at radius 3 is 2.28 bits per heavy atom. The minimum absolute atomic E-state index is 0.0620. The number of nitrogens with zero attached hydrogens (tertiary/aromatic N) is 2. The number of halogens is 1. The first-order valence-corrected chi connectivity index (χ1v) is 10.8. The zero-order valence-corrected chi connectivity index (χ0v) is 16.3. The Morgan fingerprint density at radius 2 is 1.76 bits per heavy atom. The smallest absolute Gasteiger partial charge is 0.239 e. The van der Waals surface area contributed by atoms with Gasteiger partial charge in [0.25, 0.3) is 0 Å². The summed E-state index contributed by atoms with van der Waals surface area (Å²) in [4.78, 5) is 16.4. The molecule has 1 aliphatic rings. The number of rotatable bonds is 6. The van der Waals surface area contributed by atoms with E-state index >= 15 is 0 Å². The zero-order valence-electron chi connectivity index (χ0n) is 14.7. The van der Waals surface area contributed by atoms with Crippen LogP contribution in [0.25, 0.3) is 0 Å². The third kappa shape index (κ3) is 5.95. The van der Waals surface area contributed by atoms with Crippen molar-refractivity contribution in [1.82, 2.24) is 9.80 Å². The molecule has 1 aromatic rings. The maximum Gasteiger partial charge on any atom is 0.239 e. The Kier molecular flexibility index (Phi) is 6.85. The molecule has 140 valence electrons. The van der Waals surface area contributed by atoms with Gasteiger partial charge < -0.3 is 10.6 Å². The van der Waals surface area contributed by atoms with Gasteiger partial charge >= 0.3 is 0 Å². The Balaban J connectivity index is 1.86. The normalized spacial score (nSPS) is 18.8. The van der Waals surface area contributed by atoms with Gasteiger partial charge in [0.1, 0.15) is 9.84 Å². The Morgan fingerprint density at radius 1 is 1.20 bits per heavy atom. The number of sulfone groups is 1. The Bertz CT molecular complexity index is 686. The minimum Gasteiger partial charge on any atom is -0.339 e. The molecule has 1 amide bonds. The Labute approximate surface area is 154 Å². The van der Waals surface area contributed by atoms with E-state index in [0.29, 0.717) is 13.1 Å². The Hall–Kier alpha value is -1.15. The molecule has 2 rings (SSSR count). The molecule has 8 heteroatoms. The second-order valence-corrected chi connectivity index (χ2v) is 9.31. The monoisotopic (exact) mass is 387 g/mol. The molecule has 6 nitrogen and oxygen atoms in total. The number of benzene rings is 1. The highest BCUT2D eigenvalue weighted by Gasteiger charge is 2.27. The number of nitrogens with two attached hydrogens (primary N) is 1. The highest BCUT2D eigenvalue weighted by atomic mass is 35.5. The first kappa shape index (κ1) is 20.2. The maximum atomic E-state index is 12.4. The zero-order chi connectivity index (χ0) is 18.6. The molecule has 2 unspecified atom stereocenters. The van der Waals surface area contributed by atoms with Crippen molar-refractivity contribution in [2.75, 3.05) is 38.2 Å². The van der Waals surface area contributed by atoms with Crippen LogP contribution in [0.3, 0.4) is 0 Å². The summed E-state index contributed by atoms with van der Waals surface area (Å²) in [7, 11) is -3.11. The lowest BCUT2D eigenvalue weighted by Gasteiger charge is -2.39. The number of amides is 1. The standard InChI is InChI=1S/C17H26ClN3O3S/c1-13(14-3-5-15(18)6-4-14)20-8-10-21(11-9-20)17(22)16(19)7-12-25(2,23)24/h3-6,13,16H,7-12,19H2,1-2H3. The van der Waals surface area contributed by atoms with Crippen molar-refractivity contribution >= 4 is 27.3 Å². The van der Waals surface area contributed by atoms with Gasteiger partial charge in [-0.1, -0.05) is 23.7 Å². The summed E-state index contributed by atoms with van der Waals surface area (Å²) in [5.41, 5.74) is 7.06. The summed E-state index contributed by atoms with van der Waals surface area (Å²) in [5, 5.41) is 0.717. The van der Waals surface area contributed by atoms with Crippen LogP contribution < -0.4 is 5.73 Å². The predicted octanol–water partition coefficient (Wildman–Crippen LogP) is 1.31. The molecule has 1 saturated heterocycles. The van der Waals surface area contributed by atoms with E-state index in [1.807, 2.05) is 24.3 Å². The molecule has 2 N–H and O–H groups in total. The molecule has 0 radical (unpaired) electrons. The molecule has 0 bridgehead atoms. The molecule has 1 aromatic carbocycles. The van der Waals surface area contributed by atoms with Gasteiger partial charge in [-0.25, -0.2) is 8.42 Å². The summed E-state index contributed by atoms with van der Waals surface area (Å²) >= 11 is 5.93. The van der Waals surface area contributed by atoms with Crippen LogP contribution in [0, 0.1) is 0 Å². The summed E-state index contributed by atoms with van der Waals surface area (Å²) < 4.78 is 22.4. The first-order chi connectivity index (χ1) is 11.7. The van der Waals surface area contributed by atoms with Crippen LogP contribution in [0.4, 0.5) is 0 Å². The average molecular weight is 388 g/mol. The molecular weight excluding hydrogens is 362 g/mol. The van der Waals surface area contributed by atoms with E-state index in [-0.39, 0.29) is 24.1 Å². The fourth-order valence-electron chi connectivity index (χ4n) is 2.98. The van der Waals surface area contributed by atoms with Gasteiger partial charge in [-0.3, -0.25) is 9.69 Å². The molecular formula is C17H26ClN3O3S. The van der Waals surface area contributed by atoms with Gasteiger partial charge in [0.15, 0.2) is 0 Å². The maximum absolute atomic E-state index is 12.4. The lowest BCUT2D eigenvalue weighted by Crippen LogP contribution is -2.53. The van der Waals surface area contributed by atoms with Crippen molar-refractivity contribution < 1.29 is 13.2 Å². The largest absolute Gasteiger partial charge is 0.339 e. The van der Waals surface area contributed by atoms with Crippen molar-refractivity contribution in [3.05, 3.63) is 34.9 Å². The van der Waals surface area contributed by atoms with Gasteiger partial charge in [-0.05, 0) is 31.0 Å². The second kappa shape index (κ2) is 8.49. The molecule has 1 aliphatic heterocycles. The van der Waals surface area contributed by atoms with Crippen LogP contribution in [0.15, 0.2) is 24.3 Å². The fraction of sp³-hybridized carbons (Fsp3) is 0.588. The van der Waals surface area contributed by atoms with E-state index in [1.165, 1.54) is 5.56 Å². The van der Waals surface area contributed by atoms with E-state index in [4.69, 9.17) is 17.3 Å². The van der Waals surface area contributed by atoms with Crippen molar-refractivity contribution in [3.63, 3.8) is 0 Å². The number of hydrogen-bond acceptors (Lipinski definition) is 5. The average Bonchev–Trinajstić information content (AvgIpc) is 2.58.